The van der Waals surface area contributed by atoms with Crippen molar-refractivity contribution in [2.45, 2.75) is 19.3 Å². The van der Waals surface area contributed by atoms with E-state index >= 15 is 0 Å². The third kappa shape index (κ3) is 2.34. The molecule has 0 saturated carbocycles. The Morgan fingerprint density at radius 3 is 2.64 bits per heavy atom. The van der Waals surface area contributed by atoms with Gasteiger partial charge in [-0.3, -0.25) is 0 Å². The molecule has 14 heavy (non-hydrogen) atoms. The van der Waals surface area contributed by atoms with E-state index in [1.165, 1.54) is 24.3 Å². The Morgan fingerprint density at radius 2 is 2.00 bits per heavy atom. The topological polar surface area (TPSA) is 12.0 Å². The maximum Gasteiger partial charge on any atom is 0.123 e. The predicted octanol–water partition coefficient (Wildman–Crippen LogP) is 2.64. The molecule has 1 N–H and O–H groups in total. The van der Waals surface area contributed by atoms with E-state index in [9.17, 15) is 4.39 Å². The Labute approximate surface area is 83.6 Å². The van der Waals surface area contributed by atoms with Crippen LogP contribution in [0.4, 0.5) is 4.39 Å². The van der Waals surface area contributed by atoms with Gasteiger partial charge < -0.3 is 5.32 Å². The number of rotatable bonds is 2. The summed E-state index contributed by atoms with van der Waals surface area (Å²) in [7, 11) is 0. The number of hydrogen-bond acceptors (Lipinski definition) is 1. The zero-order chi connectivity index (χ0) is 9.80. The van der Waals surface area contributed by atoms with E-state index in [1.807, 2.05) is 12.1 Å². The number of nitrogens with one attached hydrogen (secondary N) is 1. The lowest BCUT2D eigenvalue weighted by Gasteiger charge is -2.15. The second kappa shape index (κ2) is 4.27. The van der Waals surface area contributed by atoms with Gasteiger partial charge in [0.15, 0.2) is 0 Å². The van der Waals surface area contributed by atoms with Crippen molar-refractivity contribution in [2.24, 2.45) is 0 Å². The van der Waals surface area contributed by atoms with Crippen molar-refractivity contribution >= 4 is 0 Å². The Hall–Kier alpha value is -1.31. The van der Waals surface area contributed by atoms with Crippen LogP contribution < -0.4 is 5.32 Å². The molecular weight excluding hydrogens is 177 g/mol. The molecule has 1 nitrogen and oxygen atoms in total. The lowest BCUT2D eigenvalue weighted by atomic mass is 10.1. The van der Waals surface area contributed by atoms with E-state index in [-0.39, 0.29) is 5.82 Å². The van der Waals surface area contributed by atoms with Crippen molar-refractivity contribution in [1.82, 2.24) is 5.32 Å². The van der Waals surface area contributed by atoms with Crippen molar-refractivity contribution in [3.8, 4) is 0 Å². The molecule has 0 fully saturated rings. The first-order valence-corrected chi connectivity index (χ1v) is 5.02. The number of halogens is 1. The van der Waals surface area contributed by atoms with Crippen LogP contribution in [0.2, 0.25) is 0 Å². The molecule has 0 saturated heterocycles. The van der Waals surface area contributed by atoms with Gasteiger partial charge in [0.1, 0.15) is 5.82 Å². The van der Waals surface area contributed by atoms with Gasteiger partial charge in [0.25, 0.3) is 0 Å². The zero-order valence-electron chi connectivity index (χ0n) is 8.09. The molecule has 2 rings (SSSR count). The molecule has 1 aliphatic heterocycles. The molecule has 0 spiro atoms. The molecule has 1 aromatic carbocycles. The Bertz CT molecular complexity index is 327. The summed E-state index contributed by atoms with van der Waals surface area (Å²) in [4.78, 5) is 0. The zero-order valence-corrected chi connectivity index (χ0v) is 8.09. The molecule has 1 aliphatic rings. The van der Waals surface area contributed by atoms with Crippen molar-refractivity contribution in [1.29, 1.82) is 0 Å². The number of benzene rings is 1. The van der Waals surface area contributed by atoms with E-state index in [0.717, 1.165) is 24.9 Å². The van der Waals surface area contributed by atoms with Crippen LogP contribution in [0.3, 0.4) is 0 Å². The van der Waals surface area contributed by atoms with Crippen LogP contribution >= 0.6 is 0 Å². The van der Waals surface area contributed by atoms with Crippen LogP contribution in [-0.4, -0.2) is 6.54 Å². The van der Waals surface area contributed by atoms with Gasteiger partial charge in [0.05, 0.1) is 0 Å². The summed E-state index contributed by atoms with van der Waals surface area (Å²) in [5.74, 6) is -0.167. The molecule has 74 valence electrons. The van der Waals surface area contributed by atoms with Crippen LogP contribution in [0.1, 0.15) is 18.4 Å². The van der Waals surface area contributed by atoms with Gasteiger partial charge in [0, 0.05) is 18.7 Å². The number of hydrogen-bond donors (Lipinski definition) is 1. The van der Waals surface area contributed by atoms with Crippen molar-refractivity contribution in [3.05, 3.63) is 47.4 Å². The second-order valence-corrected chi connectivity index (χ2v) is 3.60. The molecule has 0 bridgehead atoms. The number of allylic oxidation sites excluding steroid dienone is 2. The summed E-state index contributed by atoms with van der Waals surface area (Å²) in [6.45, 7) is 1.06. The minimum atomic E-state index is -0.167. The quantitative estimate of drug-likeness (QED) is 0.757. The summed E-state index contributed by atoms with van der Waals surface area (Å²) in [6.07, 6.45) is 5.49. The first-order valence-electron chi connectivity index (χ1n) is 5.02. The molecule has 2 heteroatoms. The van der Waals surface area contributed by atoms with Gasteiger partial charge in [0.2, 0.25) is 0 Å². The maximum absolute atomic E-state index is 12.6. The van der Waals surface area contributed by atoms with E-state index in [4.69, 9.17) is 0 Å². The highest BCUT2D eigenvalue weighted by Gasteiger charge is 2.03. The fraction of sp³-hybridized carbons (Fsp3) is 0.333. The van der Waals surface area contributed by atoms with Gasteiger partial charge in [-0.05, 0) is 30.5 Å². The Balaban J connectivity index is 2.03. The highest BCUT2D eigenvalue weighted by Crippen LogP contribution is 2.11. The normalized spacial score (nSPS) is 15.9. The van der Waals surface area contributed by atoms with Crippen LogP contribution in [0, 0.1) is 5.82 Å². The van der Waals surface area contributed by atoms with Crippen LogP contribution in [-0.2, 0) is 6.42 Å². The van der Waals surface area contributed by atoms with Gasteiger partial charge >= 0.3 is 0 Å². The monoisotopic (exact) mass is 191 g/mol. The third-order valence-corrected chi connectivity index (χ3v) is 2.43. The fourth-order valence-electron chi connectivity index (χ4n) is 1.66. The average molecular weight is 191 g/mol. The maximum atomic E-state index is 12.6. The Morgan fingerprint density at radius 1 is 1.21 bits per heavy atom. The third-order valence-electron chi connectivity index (χ3n) is 2.43. The first-order chi connectivity index (χ1) is 6.84. The fourth-order valence-corrected chi connectivity index (χ4v) is 1.66. The molecular formula is C12H14FN. The van der Waals surface area contributed by atoms with Crippen molar-refractivity contribution in [2.75, 3.05) is 6.54 Å². The SMILES string of the molecule is Fc1ccc(CC2=CCCCN2)cc1. The molecule has 0 aliphatic carbocycles. The van der Waals surface area contributed by atoms with Gasteiger partial charge in [-0.1, -0.05) is 18.2 Å². The standard InChI is InChI=1S/C12H14FN/c13-11-6-4-10(5-7-11)9-12-3-1-2-8-14-12/h3-7,14H,1-2,8-9H2. The van der Waals surface area contributed by atoms with Crippen molar-refractivity contribution in [3.63, 3.8) is 0 Å². The lowest BCUT2D eigenvalue weighted by Crippen LogP contribution is -2.19. The lowest BCUT2D eigenvalue weighted by molar-refractivity contribution is 0.626. The highest BCUT2D eigenvalue weighted by atomic mass is 19.1. The minimum absolute atomic E-state index is 0.167. The largest absolute Gasteiger partial charge is 0.388 e. The van der Waals surface area contributed by atoms with Gasteiger partial charge in [-0.15, -0.1) is 0 Å². The van der Waals surface area contributed by atoms with Crippen LogP contribution in [0.5, 0.6) is 0 Å². The van der Waals surface area contributed by atoms with E-state index in [2.05, 4.69) is 11.4 Å². The van der Waals surface area contributed by atoms with Crippen LogP contribution in [0.15, 0.2) is 36.0 Å². The molecule has 0 amide bonds. The summed E-state index contributed by atoms with van der Waals surface area (Å²) in [5, 5.41) is 3.35. The minimum Gasteiger partial charge on any atom is -0.388 e. The van der Waals surface area contributed by atoms with E-state index in [1.54, 1.807) is 0 Å². The van der Waals surface area contributed by atoms with Crippen LogP contribution in [0.25, 0.3) is 0 Å². The van der Waals surface area contributed by atoms with E-state index in [0.29, 0.717) is 0 Å². The summed E-state index contributed by atoms with van der Waals surface area (Å²) >= 11 is 0. The molecule has 1 aromatic rings. The Kier molecular flexibility index (Phi) is 2.82. The van der Waals surface area contributed by atoms with E-state index < -0.39 is 0 Å². The molecule has 1 heterocycles. The summed E-state index contributed by atoms with van der Waals surface area (Å²) in [5.41, 5.74) is 2.43. The molecule has 0 atom stereocenters. The van der Waals surface area contributed by atoms with Crippen molar-refractivity contribution < 1.29 is 4.39 Å². The van der Waals surface area contributed by atoms with Gasteiger partial charge in [-0.25, -0.2) is 4.39 Å². The predicted molar refractivity (Wildman–Crippen MR) is 55.4 cm³/mol. The second-order valence-electron chi connectivity index (χ2n) is 3.60. The molecule has 0 unspecified atom stereocenters. The average Bonchev–Trinajstić information content (AvgIpc) is 2.23. The summed E-state index contributed by atoms with van der Waals surface area (Å²) < 4.78 is 12.6. The first kappa shape index (κ1) is 9.25. The molecule has 0 radical (unpaired) electrons. The highest BCUT2D eigenvalue weighted by molar-refractivity contribution is 5.22. The van der Waals surface area contributed by atoms with Gasteiger partial charge in [-0.2, -0.15) is 0 Å². The summed E-state index contributed by atoms with van der Waals surface area (Å²) in [6, 6.07) is 6.70. The molecule has 0 aromatic heterocycles. The smallest absolute Gasteiger partial charge is 0.123 e.